The number of ether oxygens (including phenoxy) is 1. The summed E-state index contributed by atoms with van der Waals surface area (Å²) in [6.45, 7) is 2.79. The Morgan fingerprint density at radius 3 is 3.00 bits per heavy atom. The van der Waals surface area contributed by atoms with Crippen LogP contribution in [0.4, 0.5) is 0 Å². The van der Waals surface area contributed by atoms with E-state index in [2.05, 4.69) is 10.1 Å². The largest absolute Gasteiger partial charge is 0.367 e. The van der Waals surface area contributed by atoms with Crippen LogP contribution in [0.25, 0.3) is 0 Å². The molecule has 1 aromatic rings. The highest BCUT2D eigenvalue weighted by Gasteiger charge is 2.37. The zero-order valence-corrected chi connectivity index (χ0v) is 9.93. The zero-order chi connectivity index (χ0) is 11.9. The van der Waals surface area contributed by atoms with E-state index in [0.717, 1.165) is 25.9 Å². The fourth-order valence-corrected chi connectivity index (χ4v) is 2.47. The van der Waals surface area contributed by atoms with Gasteiger partial charge in [0.25, 0.3) is 0 Å². The first kappa shape index (κ1) is 10.9. The van der Waals surface area contributed by atoms with E-state index in [1.807, 2.05) is 19.1 Å². The minimum absolute atomic E-state index is 0.105. The fraction of sp³-hybridized carbons (Fsp3) is 0.667. The number of nitrogens with zero attached hydrogens (tertiary/aromatic N) is 2. The molecule has 1 aliphatic carbocycles. The molecule has 1 fully saturated rings. The van der Waals surface area contributed by atoms with Crippen LogP contribution in [0.5, 0.6) is 0 Å². The average molecular weight is 235 g/mol. The van der Waals surface area contributed by atoms with Crippen LogP contribution in [-0.2, 0) is 10.3 Å². The van der Waals surface area contributed by atoms with Crippen molar-refractivity contribution in [2.45, 2.75) is 43.7 Å². The van der Waals surface area contributed by atoms with E-state index in [9.17, 15) is 0 Å². The predicted octanol–water partition coefficient (Wildman–Crippen LogP) is 1.47. The molecule has 1 saturated heterocycles. The molecule has 5 nitrogen and oxygen atoms in total. The quantitative estimate of drug-likeness (QED) is 0.786. The lowest BCUT2D eigenvalue weighted by molar-refractivity contribution is 0.00768. The zero-order valence-electron chi connectivity index (χ0n) is 9.93. The summed E-state index contributed by atoms with van der Waals surface area (Å²) in [5.41, 5.74) is 5.45. The summed E-state index contributed by atoms with van der Waals surface area (Å²) in [4.78, 5) is 4.47. The number of hydrogen-bond acceptors (Lipinski definition) is 5. The van der Waals surface area contributed by atoms with Crippen LogP contribution in [0.3, 0.4) is 0 Å². The molecule has 1 aromatic heterocycles. The third-order valence-corrected chi connectivity index (χ3v) is 3.57. The summed E-state index contributed by atoms with van der Waals surface area (Å²) in [5.74, 6) is 1.48. The molecule has 2 N–H and O–H groups in total. The third-order valence-electron chi connectivity index (χ3n) is 3.57. The second kappa shape index (κ2) is 3.92. The van der Waals surface area contributed by atoms with Crippen molar-refractivity contribution in [1.82, 2.24) is 10.1 Å². The second-order valence-corrected chi connectivity index (χ2v) is 5.03. The van der Waals surface area contributed by atoms with Crippen molar-refractivity contribution in [1.29, 1.82) is 0 Å². The Hall–Kier alpha value is -1.20. The van der Waals surface area contributed by atoms with Crippen molar-refractivity contribution in [3.63, 3.8) is 0 Å². The molecule has 2 heterocycles. The molecule has 0 spiro atoms. The first-order valence-electron chi connectivity index (χ1n) is 6.09. The van der Waals surface area contributed by atoms with Crippen molar-refractivity contribution < 1.29 is 9.26 Å². The minimum atomic E-state index is -0.369. The smallest absolute Gasteiger partial charge is 0.233 e. The van der Waals surface area contributed by atoms with E-state index < -0.39 is 0 Å². The number of rotatable bonds is 2. The van der Waals surface area contributed by atoms with Gasteiger partial charge in [0.2, 0.25) is 11.7 Å². The molecule has 3 rings (SSSR count). The highest BCUT2D eigenvalue weighted by atomic mass is 16.5. The van der Waals surface area contributed by atoms with E-state index in [4.69, 9.17) is 15.0 Å². The average Bonchev–Trinajstić information content (AvgIpc) is 2.96. The van der Waals surface area contributed by atoms with E-state index in [-0.39, 0.29) is 17.6 Å². The van der Waals surface area contributed by atoms with Crippen molar-refractivity contribution >= 4 is 0 Å². The van der Waals surface area contributed by atoms with Crippen LogP contribution in [0.1, 0.15) is 43.8 Å². The van der Waals surface area contributed by atoms with Crippen molar-refractivity contribution in [2.75, 3.05) is 6.61 Å². The van der Waals surface area contributed by atoms with Crippen LogP contribution >= 0.6 is 0 Å². The van der Waals surface area contributed by atoms with Gasteiger partial charge >= 0.3 is 0 Å². The van der Waals surface area contributed by atoms with Gasteiger partial charge in [0, 0.05) is 12.6 Å². The molecule has 1 aliphatic heterocycles. The highest BCUT2D eigenvalue weighted by molar-refractivity contribution is 5.16. The predicted molar refractivity (Wildman–Crippen MR) is 61.3 cm³/mol. The highest BCUT2D eigenvalue weighted by Crippen LogP contribution is 2.35. The summed E-state index contributed by atoms with van der Waals surface area (Å²) < 4.78 is 11.0. The third kappa shape index (κ3) is 1.89. The van der Waals surface area contributed by atoms with Gasteiger partial charge in [-0.1, -0.05) is 17.3 Å². The molecule has 0 bridgehead atoms. The van der Waals surface area contributed by atoms with Gasteiger partial charge in [-0.15, -0.1) is 0 Å². The molecule has 0 amide bonds. The molecule has 0 radical (unpaired) electrons. The number of aromatic nitrogens is 2. The van der Waals surface area contributed by atoms with E-state index in [0.29, 0.717) is 11.7 Å². The minimum Gasteiger partial charge on any atom is -0.367 e. The lowest BCUT2D eigenvalue weighted by Crippen LogP contribution is -2.21. The Labute approximate surface area is 100 Å². The molecule has 5 heteroatoms. The SMILES string of the molecule is CC1(c2noc(C3C=CC(N)C3)n2)CCCO1. The molecule has 92 valence electrons. The maximum atomic E-state index is 5.82. The molecule has 3 unspecified atom stereocenters. The van der Waals surface area contributed by atoms with E-state index in [1.165, 1.54) is 0 Å². The summed E-state index contributed by atoms with van der Waals surface area (Å²) in [6, 6.07) is 0.105. The molecular weight excluding hydrogens is 218 g/mol. The van der Waals surface area contributed by atoms with Crippen LogP contribution in [0.2, 0.25) is 0 Å². The van der Waals surface area contributed by atoms with Crippen LogP contribution in [-0.4, -0.2) is 22.8 Å². The van der Waals surface area contributed by atoms with Crippen molar-refractivity contribution in [3.05, 3.63) is 23.9 Å². The standard InChI is InChI=1S/C12H17N3O2/c1-12(5-2-6-16-12)11-14-10(17-15-11)8-3-4-9(13)7-8/h3-4,8-9H,2,5-7,13H2,1H3. The van der Waals surface area contributed by atoms with Crippen LogP contribution < -0.4 is 5.73 Å². The molecule has 17 heavy (non-hydrogen) atoms. The lowest BCUT2D eigenvalue weighted by atomic mass is 10.0. The summed E-state index contributed by atoms with van der Waals surface area (Å²) in [5, 5.41) is 4.05. The van der Waals surface area contributed by atoms with Gasteiger partial charge in [-0.25, -0.2) is 0 Å². The number of nitrogens with two attached hydrogens (primary N) is 1. The van der Waals surface area contributed by atoms with Gasteiger partial charge in [0.15, 0.2) is 0 Å². The van der Waals surface area contributed by atoms with E-state index >= 15 is 0 Å². The summed E-state index contributed by atoms with van der Waals surface area (Å²) in [6.07, 6.45) is 6.88. The molecule has 2 aliphatic rings. The van der Waals surface area contributed by atoms with Gasteiger partial charge in [-0.2, -0.15) is 4.98 Å². The van der Waals surface area contributed by atoms with Crippen molar-refractivity contribution in [2.24, 2.45) is 5.73 Å². The number of hydrogen-bond donors (Lipinski definition) is 1. The summed E-state index contributed by atoms with van der Waals surface area (Å²) >= 11 is 0. The molecule has 0 saturated carbocycles. The van der Waals surface area contributed by atoms with Crippen molar-refractivity contribution in [3.8, 4) is 0 Å². The number of allylic oxidation sites excluding steroid dienone is 1. The Balaban J connectivity index is 1.81. The first-order valence-corrected chi connectivity index (χ1v) is 6.09. The first-order chi connectivity index (χ1) is 8.17. The van der Waals surface area contributed by atoms with Gasteiger partial charge in [0.05, 0.1) is 5.92 Å². The van der Waals surface area contributed by atoms with Crippen LogP contribution in [0.15, 0.2) is 16.7 Å². The Bertz CT molecular complexity index is 435. The topological polar surface area (TPSA) is 74.2 Å². The Kier molecular flexibility index (Phi) is 2.52. The maximum absolute atomic E-state index is 5.82. The van der Waals surface area contributed by atoms with Gasteiger partial charge in [-0.05, 0) is 26.2 Å². The lowest BCUT2D eigenvalue weighted by Gasteiger charge is -2.17. The molecule has 3 atom stereocenters. The van der Waals surface area contributed by atoms with Gasteiger partial charge in [0.1, 0.15) is 5.60 Å². The monoisotopic (exact) mass is 235 g/mol. The normalized spacial score (nSPS) is 36.8. The molecular formula is C12H17N3O2. The molecule has 0 aromatic carbocycles. The van der Waals surface area contributed by atoms with Gasteiger partial charge in [-0.3, -0.25) is 0 Å². The Morgan fingerprint density at radius 1 is 1.47 bits per heavy atom. The van der Waals surface area contributed by atoms with Crippen LogP contribution in [0, 0.1) is 0 Å². The van der Waals surface area contributed by atoms with E-state index in [1.54, 1.807) is 0 Å². The second-order valence-electron chi connectivity index (χ2n) is 5.03. The summed E-state index contributed by atoms with van der Waals surface area (Å²) in [7, 11) is 0. The Morgan fingerprint density at radius 2 is 2.35 bits per heavy atom. The maximum Gasteiger partial charge on any atom is 0.233 e. The van der Waals surface area contributed by atoms with Gasteiger partial charge < -0.3 is 15.0 Å². The fourth-order valence-electron chi connectivity index (χ4n) is 2.47.